The SMILES string of the molecule is Cc1ccc2c(c1)CC(Cn1cnc(CC(C)N)c1)O2. The van der Waals surface area contributed by atoms with Gasteiger partial charge in [0.15, 0.2) is 0 Å². The summed E-state index contributed by atoms with van der Waals surface area (Å²) in [6.45, 7) is 4.95. The van der Waals surface area contributed by atoms with Crippen LogP contribution in [0.15, 0.2) is 30.7 Å². The van der Waals surface area contributed by atoms with E-state index in [9.17, 15) is 0 Å². The van der Waals surface area contributed by atoms with Gasteiger partial charge in [0.1, 0.15) is 11.9 Å². The molecule has 2 unspecified atom stereocenters. The lowest BCUT2D eigenvalue weighted by molar-refractivity contribution is 0.209. The van der Waals surface area contributed by atoms with E-state index in [0.717, 1.165) is 30.8 Å². The molecule has 2 aromatic rings. The number of aromatic nitrogens is 2. The fourth-order valence-corrected chi connectivity index (χ4v) is 2.73. The highest BCUT2D eigenvalue weighted by molar-refractivity contribution is 5.40. The summed E-state index contributed by atoms with van der Waals surface area (Å²) in [5.41, 5.74) is 9.44. The molecule has 2 N–H and O–H groups in total. The number of benzene rings is 1. The maximum Gasteiger partial charge on any atom is 0.123 e. The molecule has 2 atom stereocenters. The average molecular weight is 271 g/mol. The van der Waals surface area contributed by atoms with Crippen LogP contribution >= 0.6 is 0 Å². The van der Waals surface area contributed by atoms with Gasteiger partial charge in [-0.2, -0.15) is 0 Å². The first-order valence-corrected chi connectivity index (χ1v) is 7.12. The number of hydrogen-bond acceptors (Lipinski definition) is 3. The number of aryl methyl sites for hydroxylation is 1. The second kappa shape index (κ2) is 5.29. The lowest BCUT2D eigenvalue weighted by Gasteiger charge is -2.10. The summed E-state index contributed by atoms with van der Waals surface area (Å²) in [7, 11) is 0. The monoisotopic (exact) mass is 271 g/mol. The van der Waals surface area contributed by atoms with E-state index in [0.29, 0.717) is 0 Å². The van der Waals surface area contributed by atoms with Crippen LogP contribution < -0.4 is 10.5 Å². The molecule has 1 aromatic heterocycles. The Bertz CT molecular complexity index is 604. The maximum absolute atomic E-state index is 5.98. The lowest BCUT2D eigenvalue weighted by atomic mass is 10.1. The summed E-state index contributed by atoms with van der Waals surface area (Å²) in [5, 5.41) is 0. The van der Waals surface area contributed by atoms with Gasteiger partial charge in [-0.15, -0.1) is 0 Å². The molecule has 20 heavy (non-hydrogen) atoms. The van der Waals surface area contributed by atoms with Crippen LogP contribution in [0, 0.1) is 6.92 Å². The summed E-state index contributed by atoms with van der Waals surface area (Å²) in [6, 6.07) is 6.53. The van der Waals surface area contributed by atoms with E-state index >= 15 is 0 Å². The van der Waals surface area contributed by atoms with Crippen molar-refractivity contribution in [2.24, 2.45) is 5.73 Å². The number of imidazole rings is 1. The second-order valence-electron chi connectivity index (χ2n) is 5.80. The van der Waals surface area contributed by atoms with Crippen LogP contribution in [0.5, 0.6) is 5.75 Å². The quantitative estimate of drug-likeness (QED) is 0.926. The smallest absolute Gasteiger partial charge is 0.123 e. The zero-order valence-electron chi connectivity index (χ0n) is 12.0. The van der Waals surface area contributed by atoms with Crippen molar-refractivity contribution in [3.63, 3.8) is 0 Å². The number of nitrogens with zero attached hydrogens (tertiary/aromatic N) is 2. The van der Waals surface area contributed by atoms with Gasteiger partial charge in [0, 0.05) is 25.1 Å². The van der Waals surface area contributed by atoms with Gasteiger partial charge in [0.2, 0.25) is 0 Å². The van der Waals surface area contributed by atoms with Crippen LogP contribution in [-0.4, -0.2) is 21.7 Å². The fraction of sp³-hybridized carbons (Fsp3) is 0.438. The molecule has 0 bridgehead atoms. The van der Waals surface area contributed by atoms with Gasteiger partial charge in [-0.1, -0.05) is 17.7 Å². The van der Waals surface area contributed by atoms with Gasteiger partial charge < -0.3 is 15.0 Å². The minimum Gasteiger partial charge on any atom is -0.488 e. The van der Waals surface area contributed by atoms with Crippen molar-refractivity contribution in [2.45, 2.75) is 45.4 Å². The van der Waals surface area contributed by atoms with Gasteiger partial charge in [-0.3, -0.25) is 0 Å². The van der Waals surface area contributed by atoms with E-state index in [1.165, 1.54) is 11.1 Å². The number of fused-ring (bicyclic) bond motifs is 1. The van der Waals surface area contributed by atoms with Gasteiger partial charge in [0.05, 0.1) is 18.6 Å². The molecule has 0 aliphatic carbocycles. The van der Waals surface area contributed by atoms with Crippen LogP contribution in [-0.2, 0) is 19.4 Å². The Hall–Kier alpha value is -1.81. The molecule has 4 heteroatoms. The van der Waals surface area contributed by atoms with E-state index in [2.05, 4.69) is 40.9 Å². The minimum absolute atomic E-state index is 0.147. The van der Waals surface area contributed by atoms with E-state index in [-0.39, 0.29) is 12.1 Å². The molecule has 0 spiro atoms. The zero-order valence-corrected chi connectivity index (χ0v) is 12.0. The maximum atomic E-state index is 5.98. The summed E-state index contributed by atoms with van der Waals surface area (Å²) in [5.74, 6) is 1.02. The molecule has 1 aliphatic heterocycles. The molecule has 2 heterocycles. The highest BCUT2D eigenvalue weighted by Gasteiger charge is 2.23. The number of hydrogen-bond donors (Lipinski definition) is 1. The normalized spacial score (nSPS) is 18.6. The van der Waals surface area contributed by atoms with E-state index in [1.807, 2.05) is 13.3 Å². The topological polar surface area (TPSA) is 53.1 Å². The highest BCUT2D eigenvalue weighted by Crippen LogP contribution is 2.30. The molecular weight excluding hydrogens is 250 g/mol. The molecule has 0 fully saturated rings. The van der Waals surface area contributed by atoms with E-state index < -0.39 is 0 Å². The van der Waals surface area contributed by atoms with Crippen LogP contribution in [0.2, 0.25) is 0 Å². The van der Waals surface area contributed by atoms with Gasteiger partial charge in [-0.25, -0.2) is 4.98 Å². The minimum atomic E-state index is 0.147. The summed E-state index contributed by atoms with van der Waals surface area (Å²) in [6.07, 6.45) is 5.93. The van der Waals surface area contributed by atoms with Gasteiger partial charge >= 0.3 is 0 Å². The first-order valence-electron chi connectivity index (χ1n) is 7.12. The Morgan fingerprint density at radius 3 is 3.15 bits per heavy atom. The molecule has 0 saturated heterocycles. The van der Waals surface area contributed by atoms with E-state index in [1.54, 1.807) is 0 Å². The highest BCUT2D eigenvalue weighted by atomic mass is 16.5. The molecule has 4 nitrogen and oxygen atoms in total. The number of nitrogens with two attached hydrogens (primary N) is 1. The van der Waals surface area contributed by atoms with Crippen molar-refractivity contribution in [2.75, 3.05) is 0 Å². The molecular formula is C16H21N3O. The van der Waals surface area contributed by atoms with Crippen molar-refractivity contribution in [3.8, 4) is 5.75 Å². The Labute approximate surface area is 119 Å². The number of rotatable bonds is 4. The number of ether oxygens (including phenoxy) is 1. The van der Waals surface area contributed by atoms with Crippen molar-refractivity contribution in [1.29, 1.82) is 0 Å². The van der Waals surface area contributed by atoms with Crippen LogP contribution in [0.3, 0.4) is 0 Å². The Balaban J connectivity index is 1.64. The zero-order chi connectivity index (χ0) is 14.1. The van der Waals surface area contributed by atoms with E-state index in [4.69, 9.17) is 10.5 Å². The van der Waals surface area contributed by atoms with Crippen molar-refractivity contribution >= 4 is 0 Å². The third kappa shape index (κ3) is 2.85. The summed E-state index contributed by atoms with van der Waals surface area (Å²) < 4.78 is 8.08. The summed E-state index contributed by atoms with van der Waals surface area (Å²) in [4.78, 5) is 4.39. The first kappa shape index (κ1) is 13.2. The third-order valence-electron chi connectivity index (χ3n) is 3.59. The third-order valence-corrected chi connectivity index (χ3v) is 3.59. The molecule has 0 radical (unpaired) electrons. The predicted octanol–water partition coefficient (Wildman–Crippen LogP) is 2.08. The van der Waals surface area contributed by atoms with Gasteiger partial charge in [0.25, 0.3) is 0 Å². The predicted molar refractivity (Wildman–Crippen MR) is 78.9 cm³/mol. The first-order chi connectivity index (χ1) is 9.60. The lowest BCUT2D eigenvalue weighted by Crippen LogP contribution is -2.20. The molecule has 3 rings (SSSR count). The van der Waals surface area contributed by atoms with Crippen LogP contribution in [0.25, 0.3) is 0 Å². The van der Waals surface area contributed by atoms with Gasteiger partial charge in [-0.05, 0) is 25.5 Å². The Kier molecular flexibility index (Phi) is 3.49. The Morgan fingerprint density at radius 2 is 2.35 bits per heavy atom. The molecule has 0 amide bonds. The van der Waals surface area contributed by atoms with Crippen molar-refractivity contribution < 1.29 is 4.74 Å². The molecule has 1 aromatic carbocycles. The standard InChI is InChI=1S/C16H21N3O/c1-11-3-4-16-13(5-11)7-15(20-16)9-19-8-14(18-10-19)6-12(2)17/h3-5,8,10,12,15H,6-7,9,17H2,1-2H3. The molecule has 0 saturated carbocycles. The van der Waals surface area contributed by atoms with Crippen molar-refractivity contribution in [3.05, 3.63) is 47.5 Å². The van der Waals surface area contributed by atoms with Crippen LogP contribution in [0.4, 0.5) is 0 Å². The summed E-state index contributed by atoms with van der Waals surface area (Å²) >= 11 is 0. The van der Waals surface area contributed by atoms with Crippen LogP contribution in [0.1, 0.15) is 23.7 Å². The molecule has 106 valence electrons. The largest absolute Gasteiger partial charge is 0.488 e. The fourth-order valence-electron chi connectivity index (χ4n) is 2.73. The average Bonchev–Trinajstić information content (AvgIpc) is 2.95. The second-order valence-corrected chi connectivity index (χ2v) is 5.80. The Morgan fingerprint density at radius 1 is 1.50 bits per heavy atom. The molecule has 1 aliphatic rings. The van der Waals surface area contributed by atoms with Crippen molar-refractivity contribution in [1.82, 2.24) is 9.55 Å².